The number of H-pyrrole nitrogens is 1. The monoisotopic (exact) mass is 327 g/mol. The number of aromatic nitrogens is 2. The van der Waals surface area contributed by atoms with Gasteiger partial charge in [-0.25, -0.2) is 4.79 Å². The Bertz CT molecular complexity index is 755. The Morgan fingerprint density at radius 2 is 2.21 bits per heavy atom. The summed E-state index contributed by atoms with van der Waals surface area (Å²) in [5.41, 5.74) is 3.71. The molecular weight excluding hydrogens is 306 g/mol. The Morgan fingerprint density at radius 1 is 1.38 bits per heavy atom. The molecule has 3 rings (SSSR count). The van der Waals surface area contributed by atoms with Gasteiger partial charge < -0.3 is 15.5 Å². The number of rotatable bonds is 3. The number of benzene rings is 1. The molecule has 0 spiro atoms. The lowest BCUT2D eigenvalue weighted by Crippen LogP contribution is -2.41. The molecule has 0 aliphatic heterocycles. The van der Waals surface area contributed by atoms with Gasteiger partial charge in [-0.3, -0.25) is 9.89 Å². The largest absolute Gasteiger partial charge is 0.335 e. The molecule has 1 atom stereocenters. The molecule has 1 aliphatic rings. The van der Waals surface area contributed by atoms with E-state index in [1.165, 1.54) is 11.8 Å². The number of carbonyl (C=O) groups excluding carboxylic acids is 2. The summed E-state index contributed by atoms with van der Waals surface area (Å²) in [5.74, 6) is -0.0604. The first-order valence-corrected chi connectivity index (χ1v) is 7.96. The third-order valence-electron chi connectivity index (χ3n) is 4.32. The second-order valence-corrected chi connectivity index (χ2v) is 6.04. The number of urea groups is 1. The van der Waals surface area contributed by atoms with Crippen LogP contribution in [0.3, 0.4) is 0 Å². The lowest BCUT2D eigenvalue weighted by molar-refractivity contribution is -0.116. The highest BCUT2D eigenvalue weighted by molar-refractivity contribution is 5.93. The fourth-order valence-electron chi connectivity index (χ4n) is 2.87. The highest BCUT2D eigenvalue weighted by Crippen LogP contribution is 2.20. The summed E-state index contributed by atoms with van der Waals surface area (Å²) in [6.45, 7) is 1.50. The lowest BCUT2D eigenvalue weighted by atomic mass is 9.94. The van der Waals surface area contributed by atoms with Crippen molar-refractivity contribution in [2.24, 2.45) is 0 Å². The standard InChI is InChI=1S/C17H21N5O2/c1-11(23)22(2)15-5-3-4-13(9-15)19-17(24)20-14-6-7-16-12(8-14)10-18-21-16/h3-5,9-10,14H,6-8H2,1-2H3,(H,18,21)(H2,19,20,24)/t14-/m1/s1. The van der Waals surface area contributed by atoms with Gasteiger partial charge in [-0.1, -0.05) is 6.07 Å². The molecule has 1 aliphatic carbocycles. The van der Waals surface area contributed by atoms with Crippen LogP contribution in [0.15, 0.2) is 30.5 Å². The second kappa shape index (κ2) is 6.74. The molecule has 0 bridgehead atoms. The second-order valence-electron chi connectivity index (χ2n) is 6.04. The van der Waals surface area contributed by atoms with Gasteiger partial charge in [-0.15, -0.1) is 0 Å². The van der Waals surface area contributed by atoms with Crippen LogP contribution < -0.4 is 15.5 Å². The molecule has 0 radical (unpaired) electrons. The van der Waals surface area contributed by atoms with Crippen molar-refractivity contribution >= 4 is 23.3 Å². The molecule has 126 valence electrons. The summed E-state index contributed by atoms with van der Waals surface area (Å²) in [7, 11) is 1.70. The van der Waals surface area contributed by atoms with Gasteiger partial charge in [-0.05, 0) is 43.0 Å². The number of amides is 3. The van der Waals surface area contributed by atoms with Crippen LogP contribution in [0.25, 0.3) is 0 Å². The lowest BCUT2D eigenvalue weighted by Gasteiger charge is -2.23. The minimum absolute atomic E-state index is 0.0604. The molecule has 0 unspecified atom stereocenters. The zero-order valence-electron chi connectivity index (χ0n) is 13.8. The minimum atomic E-state index is -0.241. The number of anilines is 2. The van der Waals surface area contributed by atoms with Crippen LogP contribution in [0.2, 0.25) is 0 Å². The zero-order valence-corrected chi connectivity index (χ0v) is 13.8. The Hall–Kier alpha value is -2.83. The molecule has 1 heterocycles. The Labute approximate surface area is 140 Å². The third-order valence-corrected chi connectivity index (χ3v) is 4.32. The van der Waals surface area contributed by atoms with Crippen molar-refractivity contribution in [3.8, 4) is 0 Å². The van der Waals surface area contributed by atoms with Crippen molar-refractivity contribution in [1.82, 2.24) is 15.5 Å². The summed E-state index contributed by atoms with van der Waals surface area (Å²) in [6.07, 6.45) is 4.38. The van der Waals surface area contributed by atoms with Crippen molar-refractivity contribution in [1.29, 1.82) is 0 Å². The quantitative estimate of drug-likeness (QED) is 0.806. The van der Waals surface area contributed by atoms with Crippen LogP contribution in [-0.2, 0) is 17.6 Å². The van der Waals surface area contributed by atoms with Crippen LogP contribution in [0.1, 0.15) is 24.6 Å². The first-order chi connectivity index (χ1) is 11.5. The van der Waals surface area contributed by atoms with Crippen LogP contribution in [0, 0.1) is 0 Å². The topological polar surface area (TPSA) is 90.1 Å². The van der Waals surface area contributed by atoms with Gasteiger partial charge >= 0.3 is 6.03 Å². The molecular formula is C17H21N5O2. The summed E-state index contributed by atoms with van der Waals surface area (Å²) >= 11 is 0. The zero-order chi connectivity index (χ0) is 17.1. The summed E-state index contributed by atoms with van der Waals surface area (Å²) in [4.78, 5) is 25.2. The number of carbonyl (C=O) groups is 2. The Morgan fingerprint density at radius 3 is 3.00 bits per heavy atom. The molecule has 3 N–H and O–H groups in total. The van der Waals surface area contributed by atoms with E-state index < -0.39 is 0 Å². The fourth-order valence-corrected chi connectivity index (χ4v) is 2.87. The number of aromatic amines is 1. The molecule has 0 saturated heterocycles. The Kier molecular flexibility index (Phi) is 4.50. The highest BCUT2D eigenvalue weighted by atomic mass is 16.2. The predicted octanol–water partition coefficient (Wildman–Crippen LogP) is 2.07. The molecule has 7 heteroatoms. The SMILES string of the molecule is CC(=O)N(C)c1cccc(NC(=O)N[C@@H]2CCc3[nH]ncc3C2)c1. The molecule has 2 aromatic rings. The van der Waals surface area contributed by atoms with E-state index in [1.54, 1.807) is 19.2 Å². The smallest absolute Gasteiger partial charge is 0.319 e. The van der Waals surface area contributed by atoms with Crippen molar-refractivity contribution in [3.63, 3.8) is 0 Å². The Balaban J connectivity index is 1.59. The predicted molar refractivity (Wildman–Crippen MR) is 92.1 cm³/mol. The van der Waals surface area contributed by atoms with Gasteiger partial charge in [0.2, 0.25) is 5.91 Å². The first-order valence-electron chi connectivity index (χ1n) is 7.96. The molecule has 24 heavy (non-hydrogen) atoms. The van der Waals surface area contributed by atoms with Crippen molar-refractivity contribution in [2.75, 3.05) is 17.3 Å². The maximum absolute atomic E-state index is 12.2. The van der Waals surface area contributed by atoms with Gasteiger partial charge in [0.15, 0.2) is 0 Å². The van der Waals surface area contributed by atoms with E-state index in [9.17, 15) is 9.59 Å². The average Bonchev–Trinajstić information content (AvgIpc) is 3.01. The summed E-state index contributed by atoms with van der Waals surface area (Å²) in [5, 5.41) is 12.9. The number of hydrogen-bond donors (Lipinski definition) is 3. The highest BCUT2D eigenvalue weighted by Gasteiger charge is 2.21. The normalized spacial score (nSPS) is 16.2. The van der Waals surface area contributed by atoms with Crippen LogP contribution in [0.5, 0.6) is 0 Å². The van der Waals surface area contributed by atoms with Gasteiger partial charge in [-0.2, -0.15) is 5.10 Å². The maximum Gasteiger partial charge on any atom is 0.319 e. The first kappa shape index (κ1) is 16.0. The number of aryl methyl sites for hydroxylation is 1. The third kappa shape index (κ3) is 3.56. The maximum atomic E-state index is 12.2. The number of hydrogen-bond acceptors (Lipinski definition) is 3. The molecule has 0 fully saturated rings. The van der Waals surface area contributed by atoms with E-state index in [-0.39, 0.29) is 18.0 Å². The van der Waals surface area contributed by atoms with E-state index in [1.807, 2.05) is 18.3 Å². The van der Waals surface area contributed by atoms with Gasteiger partial charge in [0.25, 0.3) is 0 Å². The molecule has 1 aromatic carbocycles. The van der Waals surface area contributed by atoms with E-state index in [2.05, 4.69) is 20.8 Å². The van der Waals surface area contributed by atoms with Crippen molar-refractivity contribution in [2.45, 2.75) is 32.2 Å². The number of nitrogens with one attached hydrogen (secondary N) is 3. The van der Waals surface area contributed by atoms with Crippen LogP contribution >= 0.6 is 0 Å². The molecule has 3 amide bonds. The van der Waals surface area contributed by atoms with Crippen molar-refractivity contribution in [3.05, 3.63) is 41.7 Å². The van der Waals surface area contributed by atoms with E-state index in [4.69, 9.17) is 0 Å². The number of fused-ring (bicyclic) bond motifs is 1. The van der Waals surface area contributed by atoms with Gasteiger partial charge in [0, 0.05) is 37.1 Å². The minimum Gasteiger partial charge on any atom is -0.335 e. The van der Waals surface area contributed by atoms with Crippen LogP contribution in [-0.4, -0.2) is 35.2 Å². The van der Waals surface area contributed by atoms with Crippen LogP contribution in [0.4, 0.5) is 16.2 Å². The summed E-state index contributed by atoms with van der Waals surface area (Å²) in [6, 6.07) is 7.06. The molecule has 7 nitrogen and oxygen atoms in total. The van der Waals surface area contributed by atoms with E-state index in [0.29, 0.717) is 5.69 Å². The van der Waals surface area contributed by atoms with E-state index in [0.717, 1.165) is 36.2 Å². The fraction of sp³-hybridized carbons (Fsp3) is 0.353. The van der Waals surface area contributed by atoms with Crippen molar-refractivity contribution < 1.29 is 9.59 Å². The molecule has 0 saturated carbocycles. The van der Waals surface area contributed by atoms with Gasteiger partial charge in [0.1, 0.15) is 0 Å². The molecule has 1 aromatic heterocycles. The number of nitrogens with zero attached hydrogens (tertiary/aromatic N) is 2. The average molecular weight is 327 g/mol. The van der Waals surface area contributed by atoms with E-state index >= 15 is 0 Å². The summed E-state index contributed by atoms with van der Waals surface area (Å²) < 4.78 is 0. The van der Waals surface area contributed by atoms with Gasteiger partial charge in [0.05, 0.1) is 6.20 Å².